The van der Waals surface area contributed by atoms with Gasteiger partial charge in [-0.3, -0.25) is 0 Å². The lowest BCUT2D eigenvalue weighted by atomic mass is 9.90. The number of aromatic nitrogens is 1. The molecular weight excluding hydrogens is 280 g/mol. The molecule has 1 aromatic rings. The van der Waals surface area contributed by atoms with Crippen molar-refractivity contribution in [1.82, 2.24) is 9.29 Å². The first-order chi connectivity index (χ1) is 9.37. The van der Waals surface area contributed by atoms with Crippen LogP contribution in [-0.4, -0.2) is 37.3 Å². The topological polar surface area (TPSA) is 80.6 Å². The van der Waals surface area contributed by atoms with Gasteiger partial charge in [0.1, 0.15) is 0 Å². The van der Waals surface area contributed by atoms with Crippen LogP contribution in [0.25, 0.3) is 0 Å². The minimum absolute atomic E-state index is 0.0649. The number of aliphatic hydroxyl groups is 1. The molecule has 0 spiro atoms. The predicted octanol–water partition coefficient (Wildman–Crippen LogP) is 1.02. The highest BCUT2D eigenvalue weighted by Crippen LogP contribution is 2.25. The molecular formula is C13H22N2O4S. The smallest absolute Gasteiger partial charge is 0.242 e. The number of aliphatic hydroxyl groups excluding tert-OH is 1. The van der Waals surface area contributed by atoms with E-state index in [1.165, 1.54) is 6.07 Å². The van der Waals surface area contributed by atoms with Gasteiger partial charge in [0, 0.05) is 31.1 Å². The number of nitrogens with one attached hydrogen (secondary N) is 1. The van der Waals surface area contributed by atoms with E-state index in [9.17, 15) is 13.5 Å². The molecule has 1 aliphatic carbocycles. The molecule has 2 rings (SSSR count). The van der Waals surface area contributed by atoms with Crippen molar-refractivity contribution in [3.63, 3.8) is 0 Å². The number of hydrogen-bond donors (Lipinski definition) is 2. The van der Waals surface area contributed by atoms with Crippen molar-refractivity contribution in [3.8, 4) is 0 Å². The first kappa shape index (κ1) is 15.5. The van der Waals surface area contributed by atoms with Crippen LogP contribution in [0.15, 0.2) is 17.2 Å². The summed E-state index contributed by atoms with van der Waals surface area (Å²) < 4.78 is 34.2. The molecule has 2 N–H and O–H groups in total. The Hall–Kier alpha value is -0.890. The molecule has 0 unspecified atom stereocenters. The summed E-state index contributed by atoms with van der Waals surface area (Å²) in [7, 11) is -1.90. The maximum absolute atomic E-state index is 12.3. The highest BCUT2D eigenvalue weighted by molar-refractivity contribution is 7.89. The van der Waals surface area contributed by atoms with Gasteiger partial charge >= 0.3 is 0 Å². The SMILES string of the molecule is COC1CC(NS(=O)(=O)c2cc(CO)n(C(C)C)c2)C1. The summed E-state index contributed by atoms with van der Waals surface area (Å²) >= 11 is 0. The van der Waals surface area contributed by atoms with E-state index in [0.29, 0.717) is 18.5 Å². The van der Waals surface area contributed by atoms with Gasteiger partial charge in [0.25, 0.3) is 0 Å². The van der Waals surface area contributed by atoms with Crippen LogP contribution in [0.5, 0.6) is 0 Å². The van der Waals surface area contributed by atoms with Gasteiger partial charge in [-0.25, -0.2) is 13.1 Å². The molecule has 1 aromatic heterocycles. The van der Waals surface area contributed by atoms with Crippen molar-refractivity contribution >= 4 is 10.0 Å². The highest BCUT2D eigenvalue weighted by Gasteiger charge is 2.33. The van der Waals surface area contributed by atoms with Gasteiger partial charge in [-0.15, -0.1) is 0 Å². The average molecular weight is 302 g/mol. The van der Waals surface area contributed by atoms with E-state index in [2.05, 4.69) is 4.72 Å². The van der Waals surface area contributed by atoms with Crippen LogP contribution in [0, 0.1) is 0 Å². The standard InChI is InChI=1S/C13H22N2O4S/c1-9(2)15-7-13(6-11(15)8-16)20(17,18)14-10-4-12(5-10)19-3/h6-7,9-10,12,14,16H,4-5,8H2,1-3H3. The summed E-state index contributed by atoms with van der Waals surface area (Å²) in [6.45, 7) is 3.71. The third kappa shape index (κ3) is 3.06. The quantitative estimate of drug-likeness (QED) is 0.822. The first-order valence-corrected chi connectivity index (χ1v) is 8.22. The van der Waals surface area contributed by atoms with Crippen LogP contribution in [-0.2, 0) is 21.4 Å². The molecule has 1 saturated carbocycles. The Kier molecular flexibility index (Phi) is 4.53. The Labute approximate surface area is 119 Å². The molecule has 0 aromatic carbocycles. The van der Waals surface area contributed by atoms with Crippen molar-refractivity contribution in [3.05, 3.63) is 18.0 Å². The summed E-state index contributed by atoms with van der Waals surface area (Å²) in [5.74, 6) is 0. The van der Waals surface area contributed by atoms with E-state index < -0.39 is 10.0 Å². The number of nitrogens with zero attached hydrogens (tertiary/aromatic N) is 1. The zero-order chi connectivity index (χ0) is 14.9. The van der Waals surface area contributed by atoms with Gasteiger partial charge in [0.05, 0.1) is 17.6 Å². The van der Waals surface area contributed by atoms with Crippen LogP contribution in [0.2, 0.25) is 0 Å². The second-order valence-corrected chi connectivity index (χ2v) is 7.19. The van der Waals surface area contributed by atoms with E-state index in [1.807, 2.05) is 13.8 Å². The predicted molar refractivity (Wildman–Crippen MR) is 74.9 cm³/mol. The zero-order valence-electron chi connectivity index (χ0n) is 12.0. The molecule has 0 aliphatic heterocycles. The summed E-state index contributed by atoms with van der Waals surface area (Å²) in [5, 5.41) is 9.30. The van der Waals surface area contributed by atoms with Gasteiger partial charge in [0.2, 0.25) is 10.0 Å². The molecule has 1 fully saturated rings. The molecule has 7 heteroatoms. The number of methoxy groups -OCH3 is 1. The van der Waals surface area contributed by atoms with Gasteiger partial charge in [0.15, 0.2) is 0 Å². The Balaban J connectivity index is 2.13. The molecule has 20 heavy (non-hydrogen) atoms. The van der Waals surface area contributed by atoms with Crippen molar-refractivity contribution < 1.29 is 18.3 Å². The van der Waals surface area contributed by atoms with E-state index in [-0.39, 0.29) is 29.7 Å². The lowest BCUT2D eigenvalue weighted by Gasteiger charge is -2.34. The zero-order valence-corrected chi connectivity index (χ0v) is 12.9. The maximum Gasteiger partial charge on any atom is 0.242 e. The molecule has 0 radical (unpaired) electrons. The number of ether oxygens (including phenoxy) is 1. The molecule has 6 nitrogen and oxygen atoms in total. The molecule has 1 heterocycles. The average Bonchev–Trinajstić information content (AvgIpc) is 2.78. The van der Waals surface area contributed by atoms with Gasteiger partial charge < -0.3 is 14.4 Å². The Morgan fingerprint density at radius 1 is 1.50 bits per heavy atom. The Morgan fingerprint density at radius 2 is 2.15 bits per heavy atom. The molecule has 1 aliphatic rings. The summed E-state index contributed by atoms with van der Waals surface area (Å²) in [6, 6.07) is 1.56. The number of sulfonamides is 1. The summed E-state index contributed by atoms with van der Waals surface area (Å²) in [4.78, 5) is 0.205. The fraction of sp³-hybridized carbons (Fsp3) is 0.692. The van der Waals surface area contributed by atoms with Gasteiger partial charge in [-0.2, -0.15) is 0 Å². The van der Waals surface area contributed by atoms with Gasteiger partial charge in [-0.05, 0) is 32.8 Å². The fourth-order valence-corrected chi connectivity index (χ4v) is 3.70. The van der Waals surface area contributed by atoms with Crippen LogP contribution < -0.4 is 4.72 Å². The van der Waals surface area contributed by atoms with Crippen LogP contribution in [0.4, 0.5) is 0 Å². The van der Waals surface area contributed by atoms with Crippen molar-refractivity contribution in [2.75, 3.05) is 7.11 Å². The fourth-order valence-electron chi connectivity index (χ4n) is 2.39. The summed E-state index contributed by atoms with van der Waals surface area (Å²) in [5.41, 5.74) is 0.601. The first-order valence-electron chi connectivity index (χ1n) is 6.74. The molecule has 0 bridgehead atoms. The largest absolute Gasteiger partial charge is 0.390 e. The molecule has 114 valence electrons. The Bertz CT molecular complexity index is 559. The molecule has 0 amide bonds. The second-order valence-electron chi connectivity index (χ2n) is 5.47. The monoisotopic (exact) mass is 302 g/mol. The van der Waals surface area contributed by atoms with Crippen molar-refractivity contribution in [2.45, 2.75) is 56.4 Å². The normalized spacial score (nSPS) is 23.1. The minimum Gasteiger partial charge on any atom is -0.390 e. The number of rotatable bonds is 6. The van der Waals surface area contributed by atoms with Crippen LogP contribution in [0.3, 0.4) is 0 Å². The van der Waals surface area contributed by atoms with Crippen molar-refractivity contribution in [2.24, 2.45) is 0 Å². The summed E-state index contributed by atoms with van der Waals surface area (Å²) in [6.07, 6.45) is 3.13. The second kappa shape index (κ2) is 5.85. The van der Waals surface area contributed by atoms with Crippen LogP contribution in [0.1, 0.15) is 38.4 Å². The number of hydrogen-bond acceptors (Lipinski definition) is 4. The van der Waals surface area contributed by atoms with Crippen LogP contribution >= 0.6 is 0 Å². The molecule has 0 saturated heterocycles. The van der Waals surface area contributed by atoms with Crippen molar-refractivity contribution in [1.29, 1.82) is 0 Å². The lowest BCUT2D eigenvalue weighted by molar-refractivity contribution is 0.0236. The Morgan fingerprint density at radius 3 is 2.60 bits per heavy atom. The van der Waals surface area contributed by atoms with E-state index in [1.54, 1.807) is 17.9 Å². The maximum atomic E-state index is 12.3. The van der Waals surface area contributed by atoms with E-state index in [4.69, 9.17) is 4.74 Å². The van der Waals surface area contributed by atoms with E-state index in [0.717, 1.165) is 0 Å². The van der Waals surface area contributed by atoms with E-state index >= 15 is 0 Å². The lowest BCUT2D eigenvalue weighted by Crippen LogP contribution is -2.47. The minimum atomic E-state index is -3.53. The highest BCUT2D eigenvalue weighted by atomic mass is 32.2. The molecule has 0 atom stereocenters. The van der Waals surface area contributed by atoms with Gasteiger partial charge in [-0.1, -0.05) is 0 Å². The third-order valence-corrected chi connectivity index (χ3v) is 5.17. The third-order valence-electron chi connectivity index (χ3n) is 3.69.